The van der Waals surface area contributed by atoms with Gasteiger partial charge in [-0.25, -0.2) is 4.39 Å². The molecule has 0 aromatic carbocycles. The zero-order valence-electron chi connectivity index (χ0n) is 6.50. The topological polar surface area (TPSA) is 33.1 Å². The van der Waals surface area contributed by atoms with Crippen molar-refractivity contribution in [3.8, 4) is 5.75 Å². The van der Waals surface area contributed by atoms with Crippen molar-refractivity contribution in [3.05, 3.63) is 24.0 Å². The Hall–Kier alpha value is -1.12. The molecule has 1 rings (SSSR count). The number of hydrogen-bond donors (Lipinski definition) is 1. The van der Waals surface area contributed by atoms with E-state index in [0.29, 0.717) is 5.56 Å². The van der Waals surface area contributed by atoms with Crippen LogP contribution in [0.2, 0.25) is 0 Å². The second kappa shape index (κ2) is 2.49. The highest BCUT2D eigenvalue weighted by molar-refractivity contribution is 5.25. The van der Waals surface area contributed by atoms with Gasteiger partial charge in [-0.05, 0) is 19.9 Å². The number of aromatic hydroxyl groups is 1. The normalized spacial score (nSPS) is 11.5. The van der Waals surface area contributed by atoms with Gasteiger partial charge in [-0.3, -0.25) is 4.98 Å². The van der Waals surface area contributed by atoms with E-state index >= 15 is 0 Å². The Morgan fingerprint density at radius 1 is 1.45 bits per heavy atom. The first-order chi connectivity index (χ1) is 5.00. The highest BCUT2D eigenvalue weighted by Crippen LogP contribution is 2.25. The molecule has 3 heteroatoms. The van der Waals surface area contributed by atoms with Crippen LogP contribution in [0.5, 0.6) is 5.75 Å². The number of aromatic nitrogens is 1. The first-order valence-corrected chi connectivity index (χ1v) is 3.33. The fourth-order valence-corrected chi connectivity index (χ4v) is 0.753. The summed E-state index contributed by atoms with van der Waals surface area (Å²) in [6, 6.07) is 1.37. The van der Waals surface area contributed by atoms with E-state index in [1.807, 2.05) is 0 Å². The lowest BCUT2D eigenvalue weighted by molar-refractivity contribution is 0.220. The fraction of sp³-hybridized carbons (Fsp3) is 0.375. The Bertz CT molecular complexity index is 255. The van der Waals surface area contributed by atoms with Gasteiger partial charge in [0.05, 0.1) is 6.20 Å². The summed E-state index contributed by atoms with van der Waals surface area (Å²) >= 11 is 0. The molecule has 0 aliphatic heterocycles. The molecule has 0 aliphatic carbocycles. The van der Waals surface area contributed by atoms with Crippen molar-refractivity contribution < 1.29 is 9.50 Å². The Morgan fingerprint density at radius 3 is 2.45 bits per heavy atom. The van der Waals surface area contributed by atoms with E-state index in [1.165, 1.54) is 32.3 Å². The number of nitrogens with zero attached hydrogens (tertiary/aromatic N) is 1. The molecule has 0 spiro atoms. The summed E-state index contributed by atoms with van der Waals surface area (Å²) in [6.45, 7) is 2.84. The molecule has 0 saturated heterocycles. The summed E-state index contributed by atoms with van der Waals surface area (Å²) in [4.78, 5) is 3.66. The second-order valence-electron chi connectivity index (χ2n) is 2.90. The number of rotatable bonds is 1. The molecule has 2 nitrogen and oxygen atoms in total. The summed E-state index contributed by atoms with van der Waals surface area (Å²) in [5, 5.41) is 8.95. The standard InChI is InChI=1S/C8H10FNO/c1-8(2,9)6-3-7(11)5-10-4-6/h3-5,11H,1-2H3. The number of hydrogen-bond acceptors (Lipinski definition) is 2. The van der Waals surface area contributed by atoms with Gasteiger partial charge in [-0.1, -0.05) is 0 Å². The van der Waals surface area contributed by atoms with E-state index in [-0.39, 0.29) is 5.75 Å². The van der Waals surface area contributed by atoms with Crippen LogP contribution < -0.4 is 0 Å². The lowest BCUT2D eigenvalue weighted by Gasteiger charge is -2.13. The maximum absolute atomic E-state index is 13.2. The van der Waals surface area contributed by atoms with Crippen LogP contribution in [0.4, 0.5) is 4.39 Å². The van der Waals surface area contributed by atoms with Crippen LogP contribution in [0.15, 0.2) is 18.5 Å². The highest BCUT2D eigenvalue weighted by atomic mass is 19.1. The van der Waals surface area contributed by atoms with Crippen LogP contribution in [0, 0.1) is 0 Å². The average molecular weight is 155 g/mol. The van der Waals surface area contributed by atoms with Gasteiger partial charge in [0.25, 0.3) is 0 Å². The van der Waals surface area contributed by atoms with Crippen LogP contribution in [0.1, 0.15) is 19.4 Å². The van der Waals surface area contributed by atoms with Crippen molar-refractivity contribution in [1.82, 2.24) is 4.98 Å². The maximum Gasteiger partial charge on any atom is 0.134 e. The minimum atomic E-state index is -1.44. The van der Waals surface area contributed by atoms with E-state index in [0.717, 1.165) is 0 Å². The van der Waals surface area contributed by atoms with Crippen LogP contribution in [-0.2, 0) is 5.67 Å². The molecule has 0 atom stereocenters. The van der Waals surface area contributed by atoms with Crippen molar-refractivity contribution in [1.29, 1.82) is 0 Å². The van der Waals surface area contributed by atoms with E-state index in [4.69, 9.17) is 5.11 Å². The molecule has 60 valence electrons. The highest BCUT2D eigenvalue weighted by Gasteiger charge is 2.18. The minimum Gasteiger partial charge on any atom is -0.506 e. The lowest BCUT2D eigenvalue weighted by Crippen LogP contribution is -2.08. The summed E-state index contributed by atoms with van der Waals surface area (Å²) in [7, 11) is 0. The lowest BCUT2D eigenvalue weighted by atomic mass is 10.0. The van der Waals surface area contributed by atoms with Crippen molar-refractivity contribution in [2.24, 2.45) is 0 Å². The first-order valence-electron chi connectivity index (χ1n) is 3.33. The SMILES string of the molecule is CC(C)(F)c1cncc(O)c1. The number of halogens is 1. The Balaban J connectivity index is 3.06. The minimum absolute atomic E-state index is 0.00627. The smallest absolute Gasteiger partial charge is 0.134 e. The third kappa shape index (κ3) is 1.90. The molecule has 1 N–H and O–H groups in total. The van der Waals surface area contributed by atoms with Gasteiger partial charge in [0.15, 0.2) is 0 Å². The summed E-state index contributed by atoms with van der Waals surface area (Å²) in [5.74, 6) is -0.00627. The molecule has 11 heavy (non-hydrogen) atoms. The van der Waals surface area contributed by atoms with Gasteiger partial charge in [-0.15, -0.1) is 0 Å². The monoisotopic (exact) mass is 155 g/mol. The summed E-state index contributed by atoms with van der Waals surface area (Å²) in [5.41, 5.74) is -1.05. The van der Waals surface area contributed by atoms with Crippen LogP contribution in [0.3, 0.4) is 0 Å². The van der Waals surface area contributed by atoms with Crippen molar-refractivity contribution in [2.45, 2.75) is 19.5 Å². The van der Waals surface area contributed by atoms with Crippen molar-refractivity contribution in [3.63, 3.8) is 0 Å². The third-order valence-corrected chi connectivity index (χ3v) is 1.41. The Labute approximate surface area is 64.7 Å². The zero-order valence-corrected chi connectivity index (χ0v) is 6.50. The molecular formula is C8H10FNO. The third-order valence-electron chi connectivity index (χ3n) is 1.41. The van der Waals surface area contributed by atoms with Crippen molar-refractivity contribution in [2.75, 3.05) is 0 Å². The maximum atomic E-state index is 13.2. The van der Waals surface area contributed by atoms with Gasteiger partial charge in [-0.2, -0.15) is 0 Å². The zero-order chi connectivity index (χ0) is 8.48. The van der Waals surface area contributed by atoms with E-state index in [2.05, 4.69) is 4.98 Å². The van der Waals surface area contributed by atoms with Gasteiger partial charge in [0, 0.05) is 11.8 Å². The second-order valence-corrected chi connectivity index (χ2v) is 2.90. The van der Waals surface area contributed by atoms with Crippen molar-refractivity contribution >= 4 is 0 Å². The number of alkyl halides is 1. The molecule has 0 amide bonds. The Kier molecular flexibility index (Phi) is 1.81. The molecule has 0 saturated carbocycles. The molecule has 0 unspecified atom stereocenters. The van der Waals surface area contributed by atoms with Gasteiger partial charge >= 0.3 is 0 Å². The average Bonchev–Trinajstić information content (AvgIpc) is 1.86. The summed E-state index contributed by atoms with van der Waals surface area (Å²) in [6.07, 6.45) is 2.68. The first kappa shape index (κ1) is 7.98. The molecule has 1 heterocycles. The van der Waals surface area contributed by atoms with E-state index < -0.39 is 5.67 Å². The molecular weight excluding hydrogens is 145 g/mol. The molecule has 1 aromatic heterocycles. The molecule has 0 fully saturated rings. The van der Waals surface area contributed by atoms with Gasteiger partial charge in [0.2, 0.25) is 0 Å². The van der Waals surface area contributed by atoms with E-state index in [9.17, 15) is 4.39 Å². The molecule has 0 aliphatic rings. The molecule has 1 aromatic rings. The van der Waals surface area contributed by atoms with Gasteiger partial charge < -0.3 is 5.11 Å². The molecule has 0 bridgehead atoms. The van der Waals surface area contributed by atoms with Crippen LogP contribution in [-0.4, -0.2) is 10.1 Å². The van der Waals surface area contributed by atoms with Crippen LogP contribution in [0.25, 0.3) is 0 Å². The predicted octanol–water partition coefficient (Wildman–Crippen LogP) is 1.99. The van der Waals surface area contributed by atoms with Crippen LogP contribution >= 0.6 is 0 Å². The fourth-order valence-electron chi connectivity index (χ4n) is 0.753. The molecule has 0 radical (unpaired) electrons. The van der Waals surface area contributed by atoms with Gasteiger partial charge in [0.1, 0.15) is 11.4 Å². The predicted molar refractivity (Wildman–Crippen MR) is 40.0 cm³/mol. The number of pyridine rings is 1. The Morgan fingerprint density at radius 2 is 2.09 bits per heavy atom. The summed E-state index contributed by atoms with van der Waals surface area (Å²) < 4.78 is 13.2. The quantitative estimate of drug-likeness (QED) is 0.672. The van der Waals surface area contributed by atoms with E-state index in [1.54, 1.807) is 0 Å². The largest absolute Gasteiger partial charge is 0.506 e.